The van der Waals surface area contributed by atoms with Crippen LogP contribution in [0.5, 0.6) is 11.5 Å². The minimum absolute atomic E-state index is 0.00113. The van der Waals surface area contributed by atoms with E-state index in [1.165, 1.54) is 29.4 Å². The minimum Gasteiger partial charge on any atom is -0.493 e. The van der Waals surface area contributed by atoms with Gasteiger partial charge in [0.1, 0.15) is 29.8 Å². The molecule has 0 saturated carbocycles. The van der Waals surface area contributed by atoms with Gasteiger partial charge in [-0.2, -0.15) is 0 Å². The Morgan fingerprint density at radius 2 is 1.78 bits per heavy atom. The standard InChI is InChI=1S/C36H36ClF2N7O5/c1-50-31-17-29-25(34(41-20-40-29)42-23-3-4-27(38)26(37)14-23)16-32(31)51-12-2-7-44-8-10-45(11-9-44)18-22-13-21-19-46(36(49)24(21)15-28(22)39)30-5-6-33(47)43-35(30)48/h3-4,13-17,20,30H,2,5-12,18-19H2,1H3,(H,40,41,42)(H,43,47,48). The van der Waals surface area contributed by atoms with Crippen molar-refractivity contribution in [3.05, 3.63) is 82.1 Å². The van der Waals surface area contributed by atoms with Gasteiger partial charge in [-0.3, -0.25) is 24.6 Å². The Morgan fingerprint density at radius 3 is 2.55 bits per heavy atom. The monoisotopic (exact) mass is 719 g/mol. The number of anilines is 2. The number of nitrogens with one attached hydrogen (secondary N) is 2. The fourth-order valence-corrected chi connectivity index (χ4v) is 6.97. The maximum absolute atomic E-state index is 15.2. The van der Waals surface area contributed by atoms with Crippen molar-refractivity contribution in [2.75, 3.05) is 51.8 Å². The van der Waals surface area contributed by atoms with Crippen LogP contribution in [0.3, 0.4) is 0 Å². The Balaban J connectivity index is 0.907. The van der Waals surface area contributed by atoms with Gasteiger partial charge in [0.2, 0.25) is 11.8 Å². The summed E-state index contributed by atoms with van der Waals surface area (Å²) in [6.07, 6.45) is 2.63. The number of carbonyl (C=O) groups excluding carboxylic acids is 3. The maximum atomic E-state index is 15.2. The summed E-state index contributed by atoms with van der Waals surface area (Å²) in [5, 5.41) is 6.16. The molecule has 1 aromatic heterocycles. The third-order valence-corrected chi connectivity index (χ3v) is 9.82. The highest BCUT2D eigenvalue weighted by Gasteiger charge is 2.39. The number of piperazine rings is 1. The number of amides is 3. The van der Waals surface area contributed by atoms with E-state index >= 15 is 4.39 Å². The molecule has 3 aromatic carbocycles. The van der Waals surface area contributed by atoms with Gasteiger partial charge in [-0.05, 0) is 54.8 Å². The molecule has 0 spiro atoms. The fourth-order valence-electron chi connectivity index (χ4n) is 6.79. The molecule has 3 amide bonds. The number of nitrogens with zero attached hydrogens (tertiary/aromatic N) is 5. The zero-order valence-electron chi connectivity index (χ0n) is 27.9. The first kappa shape index (κ1) is 34.5. The van der Waals surface area contributed by atoms with Gasteiger partial charge in [0, 0.05) is 80.5 Å². The van der Waals surface area contributed by atoms with Crippen LogP contribution in [0.1, 0.15) is 40.7 Å². The number of methoxy groups -OCH3 is 1. The van der Waals surface area contributed by atoms with Crippen LogP contribution in [0, 0.1) is 11.6 Å². The highest BCUT2D eigenvalue weighted by molar-refractivity contribution is 6.31. The van der Waals surface area contributed by atoms with E-state index in [-0.39, 0.29) is 41.8 Å². The summed E-state index contributed by atoms with van der Waals surface area (Å²) in [5.41, 5.74) is 2.70. The number of aromatic nitrogens is 2. The summed E-state index contributed by atoms with van der Waals surface area (Å²) in [6.45, 7) is 5.03. The van der Waals surface area contributed by atoms with Crippen LogP contribution < -0.4 is 20.1 Å². The highest BCUT2D eigenvalue weighted by Crippen LogP contribution is 2.35. The number of ether oxygens (including phenoxy) is 2. The first-order valence-electron chi connectivity index (χ1n) is 16.7. The molecule has 2 N–H and O–H groups in total. The largest absolute Gasteiger partial charge is 0.493 e. The Labute approximate surface area is 297 Å². The van der Waals surface area contributed by atoms with E-state index in [0.717, 1.165) is 39.1 Å². The summed E-state index contributed by atoms with van der Waals surface area (Å²) < 4.78 is 40.6. The topological polar surface area (TPSA) is 129 Å². The Morgan fingerprint density at radius 1 is 0.980 bits per heavy atom. The molecular weight excluding hydrogens is 684 g/mol. The molecule has 4 aromatic rings. The second-order valence-corrected chi connectivity index (χ2v) is 13.2. The zero-order chi connectivity index (χ0) is 35.6. The summed E-state index contributed by atoms with van der Waals surface area (Å²) in [4.78, 5) is 51.6. The van der Waals surface area contributed by atoms with Crippen molar-refractivity contribution >= 4 is 51.7 Å². The molecule has 51 heavy (non-hydrogen) atoms. The van der Waals surface area contributed by atoms with Crippen molar-refractivity contribution in [1.29, 1.82) is 0 Å². The van der Waals surface area contributed by atoms with Gasteiger partial charge in [-0.1, -0.05) is 11.6 Å². The van der Waals surface area contributed by atoms with Gasteiger partial charge in [0.15, 0.2) is 11.5 Å². The second kappa shape index (κ2) is 14.7. The molecule has 3 aliphatic heterocycles. The van der Waals surface area contributed by atoms with Gasteiger partial charge in [-0.25, -0.2) is 18.7 Å². The Bertz CT molecular complexity index is 2010. The number of halogens is 3. The predicted molar refractivity (Wildman–Crippen MR) is 185 cm³/mol. The van der Waals surface area contributed by atoms with Crippen LogP contribution in [-0.2, 0) is 22.7 Å². The van der Waals surface area contributed by atoms with E-state index in [1.54, 1.807) is 25.3 Å². The summed E-state index contributed by atoms with van der Waals surface area (Å²) in [6, 6.07) is 10.2. The lowest BCUT2D eigenvalue weighted by Crippen LogP contribution is -2.52. The Kier molecular flexibility index (Phi) is 9.98. The summed E-state index contributed by atoms with van der Waals surface area (Å²) in [5.74, 6) is -0.575. The van der Waals surface area contributed by atoms with E-state index < -0.39 is 23.6 Å². The lowest BCUT2D eigenvalue weighted by atomic mass is 10.0. The van der Waals surface area contributed by atoms with Crippen molar-refractivity contribution in [3.8, 4) is 11.5 Å². The van der Waals surface area contributed by atoms with Gasteiger partial charge >= 0.3 is 0 Å². The lowest BCUT2D eigenvalue weighted by Gasteiger charge is -2.34. The molecule has 0 radical (unpaired) electrons. The number of imide groups is 1. The van der Waals surface area contributed by atoms with E-state index in [9.17, 15) is 18.8 Å². The molecule has 1 atom stereocenters. The predicted octanol–water partition coefficient (Wildman–Crippen LogP) is 4.66. The SMILES string of the molecule is COc1cc2ncnc(Nc3ccc(F)c(Cl)c3)c2cc1OCCCN1CCN(Cc2cc3c(cc2F)C(=O)N(C2CCC(=O)NC2=O)C3)CC1. The van der Waals surface area contributed by atoms with E-state index in [0.29, 0.717) is 58.2 Å². The van der Waals surface area contributed by atoms with Crippen LogP contribution in [0.2, 0.25) is 5.02 Å². The van der Waals surface area contributed by atoms with E-state index in [2.05, 4.69) is 30.4 Å². The van der Waals surface area contributed by atoms with Gasteiger partial charge in [-0.15, -0.1) is 0 Å². The normalized spacial score (nSPS) is 18.2. The molecule has 2 saturated heterocycles. The Hall–Kier alpha value is -4.92. The molecule has 12 nitrogen and oxygen atoms in total. The number of benzene rings is 3. The minimum atomic E-state index is -0.735. The molecule has 7 rings (SSSR count). The number of rotatable bonds is 11. The van der Waals surface area contributed by atoms with Crippen molar-refractivity contribution in [2.45, 2.75) is 38.4 Å². The lowest BCUT2D eigenvalue weighted by molar-refractivity contribution is -0.136. The number of piperidine rings is 1. The van der Waals surface area contributed by atoms with Gasteiger partial charge < -0.3 is 24.6 Å². The molecule has 4 heterocycles. The molecule has 266 valence electrons. The number of fused-ring (bicyclic) bond motifs is 2. The number of carbonyl (C=O) groups is 3. The summed E-state index contributed by atoms with van der Waals surface area (Å²) in [7, 11) is 1.57. The summed E-state index contributed by atoms with van der Waals surface area (Å²) >= 11 is 5.96. The quantitative estimate of drug-likeness (QED) is 0.167. The third kappa shape index (κ3) is 7.43. The van der Waals surface area contributed by atoms with Crippen LogP contribution >= 0.6 is 11.6 Å². The molecule has 2 fully saturated rings. The van der Waals surface area contributed by atoms with Crippen molar-refractivity contribution in [1.82, 2.24) is 30.0 Å². The van der Waals surface area contributed by atoms with E-state index in [4.69, 9.17) is 21.1 Å². The van der Waals surface area contributed by atoms with Crippen LogP contribution in [0.4, 0.5) is 20.3 Å². The maximum Gasteiger partial charge on any atom is 0.255 e. The zero-order valence-corrected chi connectivity index (χ0v) is 28.6. The van der Waals surface area contributed by atoms with Crippen molar-refractivity contribution < 1.29 is 32.6 Å². The van der Waals surface area contributed by atoms with Crippen molar-refractivity contribution in [3.63, 3.8) is 0 Å². The van der Waals surface area contributed by atoms with Gasteiger partial charge in [0.05, 0.1) is 24.3 Å². The molecule has 3 aliphatic rings. The number of hydrogen-bond donors (Lipinski definition) is 2. The third-order valence-electron chi connectivity index (χ3n) is 9.53. The molecular formula is C36H36ClF2N7O5. The van der Waals surface area contributed by atoms with Crippen LogP contribution in [-0.4, -0.2) is 94.9 Å². The average molecular weight is 720 g/mol. The highest BCUT2D eigenvalue weighted by atomic mass is 35.5. The smallest absolute Gasteiger partial charge is 0.255 e. The van der Waals surface area contributed by atoms with Crippen molar-refractivity contribution in [2.24, 2.45) is 0 Å². The fraction of sp³-hybridized carbons (Fsp3) is 0.361. The van der Waals surface area contributed by atoms with Gasteiger partial charge in [0.25, 0.3) is 5.91 Å². The molecule has 0 aliphatic carbocycles. The number of hydrogen-bond acceptors (Lipinski definition) is 10. The van der Waals surface area contributed by atoms with Crippen LogP contribution in [0.15, 0.2) is 48.8 Å². The molecule has 0 bridgehead atoms. The van der Waals surface area contributed by atoms with Crippen LogP contribution in [0.25, 0.3) is 10.9 Å². The average Bonchev–Trinajstić information content (AvgIpc) is 3.43. The molecule has 1 unspecified atom stereocenters. The first-order chi connectivity index (χ1) is 24.7. The second-order valence-electron chi connectivity index (χ2n) is 12.8. The molecule has 15 heteroatoms. The first-order valence-corrected chi connectivity index (χ1v) is 17.1. The van der Waals surface area contributed by atoms with E-state index in [1.807, 2.05) is 6.07 Å².